The van der Waals surface area contributed by atoms with Gasteiger partial charge in [-0.05, 0) is 25.0 Å². The van der Waals surface area contributed by atoms with Crippen molar-refractivity contribution >= 4 is 17.1 Å². The molecule has 4 aromatic heterocycles. The lowest BCUT2D eigenvalue weighted by Gasteiger charge is -2.07. The Hall–Kier alpha value is -4.16. The largest absolute Gasteiger partial charge is 0.461 e. The Morgan fingerprint density at radius 1 is 1.18 bits per heavy atom. The Bertz CT molecular complexity index is 1530. The molecular formula is C20H22N8O5. The van der Waals surface area contributed by atoms with E-state index in [-0.39, 0.29) is 48.4 Å². The molecule has 1 aliphatic carbocycles. The first-order valence-electron chi connectivity index (χ1n) is 10.5. The van der Waals surface area contributed by atoms with E-state index >= 15 is 0 Å². The summed E-state index contributed by atoms with van der Waals surface area (Å²) in [7, 11) is 2.88. The van der Waals surface area contributed by atoms with Crippen LogP contribution in [0.1, 0.15) is 18.9 Å². The Labute approximate surface area is 185 Å². The van der Waals surface area contributed by atoms with E-state index in [4.69, 9.17) is 4.42 Å². The van der Waals surface area contributed by atoms with E-state index in [1.54, 1.807) is 16.7 Å². The van der Waals surface area contributed by atoms with Gasteiger partial charge in [-0.3, -0.25) is 23.3 Å². The molecule has 0 aliphatic heterocycles. The summed E-state index contributed by atoms with van der Waals surface area (Å²) in [5.74, 6) is 0.626. The summed E-state index contributed by atoms with van der Waals surface area (Å²) in [6.45, 7) is 0.188. The van der Waals surface area contributed by atoms with Crippen LogP contribution in [0, 0.1) is 0 Å². The second-order valence-corrected chi connectivity index (χ2v) is 8.01. The number of amides is 1. The maximum atomic E-state index is 12.8. The SMILES string of the molecule is Cn1c(=O)c2c(ncn2CC(=O)NCCn2nc(-c3ccco3)n(C3CC3)c2=O)n(C)c1=O. The maximum absolute atomic E-state index is 12.8. The number of rotatable bonds is 7. The number of nitrogens with zero attached hydrogens (tertiary/aromatic N) is 7. The van der Waals surface area contributed by atoms with Crippen LogP contribution in [0.4, 0.5) is 0 Å². The van der Waals surface area contributed by atoms with Crippen LogP contribution in [0.3, 0.4) is 0 Å². The van der Waals surface area contributed by atoms with E-state index in [0.717, 1.165) is 17.4 Å². The number of carbonyl (C=O) groups excluding carboxylic acids is 1. The van der Waals surface area contributed by atoms with Crippen LogP contribution >= 0.6 is 0 Å². The molecule has 0 aromatic carbocycles. The van der Waals surface area contributed by atoms with Crippen molar-refractivity contribution in [2.24, 2.45) is 14.1 Å². The zero-order valence-corrected chi connectivity index (χ0v) is 18.1. The van der Waals surface area contributed by atoms with Gasteiger partial charge in [-0.25, -0.2) is 19.3 Å². The number of aryl methyl sites for hydroxylation is 1. The molecule has 1 fully saturated rings. The third-order valence-corrected chi connectivity index (χ3v) is 5.70. The van der Waals surface area contributed by atoms with E-state index in [2.05, 4.69) is 15.4 Å². The number of furan rings is 1. The quantitative estimate of drug-likeness (QED) is 0.385. The number of hydrogen-bond acceptors (Lipinski definition) is 7. The summed E-state index contributed by atoms with van der Waals surface area (Å²) in [5, 5.41) is 7.13. The van der Waals surface area contributed by atoms with Crippen LogP contribution in [-0.2, 0) is 32.0 Å². The van der Waals surface area contributed by atoms with Gasteiger partial charge in [0.15, 0.2) is 16.9 Å². The van der Waals surface area contributed by atoms with Crippen molar-refractivity contribution < 1.29 is 9.21 Å². The van der Waals surface area contributed by atoms with Gasteiger partial charge in [-0.15, -0.1) is 5.10 Å². The molecular weight excluding hydrogens is 432 g/mol. The molecule has 5 rings (SSSR count). The topological polar surface area (TPSA) is 144 Å². The third-order valence-electron chi connectivity index (χ3n) is 5.70. The summed E-state index contributed by atoms with van der Waals surface area (Å²) >= 11 is 0. The van der Waals surface area contributed by atoms with Crippen LogP contribution in [0.25, 0.3) is 22.7 Å². The molecule has 0 saturated heterocycles. The summed E-state index contributed by atoms with van der Waals surface area (Å²) < 4.78 is 12.0. The number of fused-ring (bicyclic) bond motifs is 1. The Balaban J connectivity index is 1.30. The molecule has 1 amide bonds. The first-order chi connectivity index (χ1) is 15.9. The van der Waals surface area contributed by atoms with Crippen molar-refractivity contribution in [2.45, 2.75) is 32.0 Å². The van der Waals surface area contributed by atoms with Gasteiger partial charge in [0.25, 0.3) is 5.56 Å². The van der Waals surface area contributed by atoms with E-state index in [1.807, 2.05) is 0 Å². The minimum absolute atomic E-state index is 0.119. The molecule has 13 nitrogen and oxygen atoms in total. The van der Waals surface area contributed by atoms with Gasteiger partial charge < -0.3 is 14.3 Å². The zero-order valence-electron chi connectivity index (χ0n) is 18.1. The fourth-order valence-electron chi connectivity index (χ4n) is 3.83. The van der Waals surface area contributed by atoms with E-state index in [0.29, 0.717) is 11.6 Å². The van der Waals surface area contributed by atoms with Crippen LogP contribution in [-0.4, -0.2) is 45.5 Å². The number of carbonyl (C=O) groups is 1. The number of hydrogen-bond donors (Lipinski definition) is 1. The highest BCUT2D eigenvalue weighted by atomic mass is 16.3. The Kier molecular flexibility index (Phi) is 4.87. The molecule has 0 atom stereocenters. The smallest absolute Gasteiger partial charge is 0.346 e. The molecule has 0 spiro atoms. The molecule has 1 aliphatic rings. The number of nitrogens with one attached hydrogen (secondary N) is 1. The van der Waals surface area contributed by atoms with Crippen LogP contribution in [0.2, 0.25) is 0 Å². The van der Waals surface area contributed by atoms with Crippen molar-refractivity contribution in [2.75, 3.05) is 6.54 Å². The average Bonchev–Trinajstić information content (AvgIpc) is 3.19. The van der Waals surface area contributed by atoms with E-state index in [9.17, 15) is 19.2 Å². The van der Waals surface area contributed by atoms with Crippen molar-refractivity contribution in [3.05, 3.63) is 56.0 Å². The summed E-state index contributed by atoms with van der Waals surface area (Å²) in [5.41, 5.74) is -0.896. The molecule has 4 aromatic rings. The molecule has 13 heteroatoms. The summed E-state index contributed by atoms with van der Waals surface area (Å²) in [4.78, 5) is 53.9. The predicted molar refractivity (Wildman–Crippen MR) is 116 cm³/mol. The van der Waals surface area contributed by atoms with Gasteiger partial charge in [0.2, 0.25) is 11.7 Å². The van der Waals surface area contributed by atoms with Crippen molar-refractivity contribution in [1.29, 1.82) is 0 Å². The van der Waals surface area contributed by atoms with Crippen molar-refractivity contribution in [1.82, 2.24) is 38.3 Å². The normalized spacial score (nSPS) is 13.6. The third kappa shape index (κ3) is 3.50. The molecule has 4 heterocycles. The highest BCUT2D eigenvalue weighted by Crippen LogP contribution is 2.36. The average molecular weight is 454 g/mol. The lowest BCUT2D eigenvalue weighted by atomic mass is 10.4. The molecule has 0 radical (unpaired) electrons. The van der Waals surface area contributed by atoms with Crippen molar-refractivity contribution in [3.8, 4) is 11.6 Å². The molecule has 1 N–H and O–H groups in total. The van der Waals surface area contributed by atoms with E-state index in [1.165, 1.54) is 40.5 Å². The molecule has 0 unspecified atom stereocenters. The first kappa shape index (κ1) is 20.7. The first-order valence-corrected chi connectivity index (χ1v) is 10.5. The lowest BCUT2D eigenvalue weighted by molar-refractivity contribution is -0.121. The minimum Gasteiger partial charge on any atom is -0.461 e. The Morgan fingerprint density at radius 3 is 2.67 bits per heavy atom. The monoisotopic (exact) mass is 454 g/mol. The standard InChI is InChI=1S/C20H22N8O5/c1-24-17-15(18(30)25(2)19(24)31)26(11-22-17)10-14(29)21-7-8-27-20(32)28(12-5-6-12)16(23-27)13-4-3-9-33-13/h3-4,9,11-12H,5-8,10H2,1-2H3,(H,21,29). The van der Waals surface area contributed by atoms with Crippen molar-refractivity contribution in [3.63, 3.8) is 0 Å². The van der Waals surface area contributed by atoms with Gasteiger partial charge in [-0.1, -0.05) is 0 Å². The summed E-state index contributed by atoms with van der Waals surface area (Å²) in [6.07, 6.45) is 4.71. The zero-order chi connectivity index (χ0) is 23.3. The maximum Gasteiger partial charge on any atom is 0.346 e. The molecule has 172 valence electrons. The van der Waals surface area contributed by atoms with Gasteiger partial charge in [0.05, 0.1) is 19.1 Å². The molecule has 1 saturated carbocycles. The lowest BCUT2D eigenvalue weighted by Crippen LogP contribution is -2.38. The minimum atomic E-state index is -0.527. The second kappa shape index (κ2) is 7.76. The van der Waals surface area contributed by atoms with Gasteiger partial charge in [0, 0.05) is 26.7 Å². The summed E-state index contributed by atoms with van der Waals surface area (Å²) in [6, 6.07) is 3.61. The second-order valence-electron chi connectivity index (χ2n) is 8.01. The van der Waals surface area contributed by atoms with Gasteiger partial charge in [-0.2, -0.15) is 0 Å². The Morgan fingerprint density at radius 2 is 1.97 bits per heavy atom. The van der Waals surface area contributed by atoms with Gasteiger partial charge >= 0.3 is 11.4 Å². The molecule has 33 heavy (non-hydrogen) atoms. The van der Waals surface area contributed by atoms with Crippen LogP contribution in [0.5, 0.6) is 0 Å². The molecule has 0 bridgehead atoms. The van der Waals surface area contributed by atoms with Crippen LogP contribution < -0.4 is 22.3 Å². The van der Waals surface area contributed by atoms with E-state index < -0.39 is 11.2 Å². The fourth-order valence-corrected chi connectivity index (χ4v) is 3.83. The van der Waals surface area contributed by atoms with Crippen LogP contribution in [0.15, 0.2) is 43.5 Å². The fraction of sp³-hybridized carbons (Fsp3) is 0.400. The highest BCUT2D eigenvalue weighted by molar-refractivity contribution is 5.78. The number of aromatic nitrogens is 7. The number of imidazole rings is 1. The predicted octanol–water partition coefficient (Wildman–Crippen LogP) is -0.797. The highest BCUT2D eigenvalue weighted by Gasteiger charge is 2.31. The van der Waals surface area contributed by atoms with Gasteiger partial charge in [0.1, 0.15) is 6.54 Å².